The summed E-state index contributed by atoms with van der Waals surface area (Å²) in [5, 5.41) is 7.85. The van der Waals surface area contributed by atoms with Gasteiger partial charge in [0.25, 0.3) is 0 Å². The van der Waals surface area contributed by atoms with Crippen molar-refractivity contribution in [3.63, 3.8) is 0 Å². The van der Waals surface area contributed by atoms with Crippen LogP contribution in [0.3, 0.4) is 0 Å². The van der Waals surface area contributed by atoms with Gasteiger partial charge in [-0.05, 0) is 31.5 Å². The monoisotopic (exact) mass is 363 g/mol. The Morgan fingerprint density at radius 1 is 1.20 bits per heavy atom. The number of amidine groups is 1. The van der Waals surface area contributed by atoms with Crippen LogP contribution in [-0.2, 0) is 5.75 Å². The molecule has 25 heavy (non-hydrogen) atoms. The van der Waals surface area contributed by atoms with Gasteiger partial charge in [0.15, 0.2) is 22.6 Å². The zero-order chi connectivity index (χ0) is 18.2. The minimum Gasteiger partial charge on any atom is -0.485 e. The Kier molecular flexibility index (Phi) is 6.94. The molecule has 0 amide bonds. The maximum absolute atomic E-state index is 13.9. The smallest absolute Gasteiger partial charge is 0.191 e. The number of nitrogens with two attached hydrogens (primary N) is 1. The molecule has 0 aliphatic carbocycles. The number of nitrogens with zero attached hydrogens (tertiary/aromatic N) is 2. The van der Waals surface area contributed by atoms with E-state index in [-0.39, 0.29) is 16.8 Å². The van der Waals surface area contributed by atoms with E-state index in [2.05, 4.69) is 10.2 Å². The fraction of sp³-hybridized carbons (Fsp3) is 0.222. The summed E-state index contributed by atoms with van der Waals surface area (Å²) in [6.45, 7) is 3.39. The van der Waals surface area contributed by atoms with Crippen molar-refractivity contribution < 1.29 is 13.5 Å². The molecule has 0 spiro atoms. The Bertz CT molecular complexity index is 741. The summed E-state index contributed by atoms with van der Waals surface area (Å²) in [5.41, 5.74) is 7.10. The van der Waals surface area contributed by atoms with Crippen LogP contribution in [0, 0.1) is 11.6 Å². The van der Waals surface area contributed by atoms with Crippen molar-refractivity contribution in [3.05, 3.63) is 65.2 Å². The molecule has 2 rings (SSSR count). The molecule has 0 atom stereocenters. The molecule has 0 aliphatic heterocycles. The molecule has 0 aromatic heterocycles. The van der Waals surface area contributed by atoms with Gasteiger partial charge in [0.2, 0.25) is 0 Å². The Hall–Kier alpha value is -2.41. The molecule has 0 bridgehead atoms. The SMILES string of the molecule is CC(C)Oc1c(F)cc(C=NN=C(N)SCc2ccccc2)cc1F. The van der Waals surface area contributed by atoms with Gasteiger partial charge in [-0.25, -0.2) is 8.78 Å². The molecule has 0 heterocycles. The van der Waals surface area contributed by atoms with Crippen LogP contribution in [-0.4, -0.2) is 17.5 Å². The maximum Gasteiger partial charge on any atom is 0.191 e. The van der Waals surface area contributed by atoms with Crippen LogP contribution in [0.25, 0.3) is 0 Å². The molecule has 0 saturated heterocycles. The van der Waals surface area contributed by atoms with Crippen molar-refractivity contribution in [3.8, 4) is 5.75 Å². The first-order chi connectivity index (χ1) is 12.0. The first-order valence-corrected chi connectivity index (χ1v) is 8.63. The number of hydrogen-bond acceptors (Lipinski definition) is 4. The zero-order valence-electron chi connectivity index (χ0n) is 13.9. The molecule has 0 radical (unpaired) electrons. The molecule has 0 unspecified atom stereocenters. The molecule has 2 aromatic rings. The third-order valence-electron chi connectivity index (χ3n) is 2.97. The summed E-state index contributed by atoms with van der Waals surface area (Å²) in [6.07, 6.45) is 0.913. The highest BCUT2D eigenvalue weighted by Gasteiger charge is 2.13. The standard InChI is InChI=1S/C18H19F2N3OS/c1-12(2)24-17-15(19)8-14(9-16(17)20)10-22-23-18(21)25-11-13-6-4-3-5-7-13/h3-10,12H,11H2,1-2H3,(H2,21,23). The molecular formula is C18H19F2N3OS. The highest BCUT2D eigenvalue weighted by atomic mass is 32.2. The quantitative estimate of drug-likeness (QED) is 0.472. The Balaban J connectivity index is 1.98. The number of ether oxygens (including phenoxy) is 1. The van der Waals surface area contributed by atoms with E-state index in [1.807, 2.05) is 30.3 Å². The molecule has 0 saturated carbocycles. The van der Waals surface area contributed by atoms with E-state index in [1.54, 1.807) is 13.8 Å². The van der Waals surface area contributed by atoms with Gasteiger partial charge in [0.1, 0.15) is 0 Å². The first kappa shape index (κ1) is 18.9. The van der Waals surface area contributed by atoms with E-state index in [9.17, 15) is 8.78 Å². The van der Waals surface area contributed by atoms with Gasteiger partial charge in [-0.1, -0.05) is 42.1 Å². The van der Waals surface area contributed by atoms with E-state index in [1.165, 1.54) is 18.0 Å². The number of halogens is 2. The summed E-state index contributed by atoms with van der Waals surface area (Å²) >= 11 is 1.33. The van der Waals surface area contributed by atoms with E-state index >= 15 is 0 Å². The van der Waals surface area contributed by atoms with Gasteiger partial charge in [-0.2, -0.15) is 5.10 Å². The van der Waals surface area contributed by atoms with Crippen molar-refractivity contribution in [2.24, 2.45) is 15.9 Å². The maximum atomic E-state index is 13.9. The zero-order valence-corrected chi connectivity index (χ0v) is 14.8. The minimum atomic E-state index is -0.787. The molecule has 2 aromatic carbocycles. The third-order valence-corrected chi connectivity index (χ3v) is 3.82. The highest BCUT2D eigenvalue weighted by Crippen LogP contribution is 2.23. The average Bonchev–Trinajstić information content (AvgIpc) is 2.57. The molecule has 7 heteroatoms. The van der Waals surface area contributed by atoms with Crippen molar-refractivity contribution in [2.75, 3.05) is 0 Å². The second-order valence-corrected chi connectivity index (χ2v) is 6.43. The van der Waals surface area contributed by atoms with Crippen LogP contribution in [0.5, 0.6) is 5.75 Å². The van der Waals surface area contributed by atoms with Crippen LogP contribution in [0.1, 0.15) is 25.0 Å². The van der Waals surface area contributed by atoms with E-state index in [0.717, 1.165) is 17.7 Å². The summed E-state index contributed by atoms with van der Waals surface area (Å²) in [5.74, 6) is -1.30. The molecule has 0 fully saturated rings. The summed E-state index contributed by atoms with van der Waals surface area (Å²) in [6, 6.07) is 12.0. The molecule has 2 N–H and O–H groups in total. The van der Waals surface area contributed by atoms with Crippen LogP contribution in [0.2, 0.25) is 0 Å². The largest absolute Gasteiger partial charge is 0.485 e. The van der Waals surface area contributed by atoms with Crippen molar-refractivity contribution in [1.82, 2.24) is 0 Å². The fourth-order valence-corrected chi connectivity index (χ4v) is 2.53. The lowest BCUT2D eigenvalue weighted by Crippen LogP contribution is -2.09. The lowest BCUT2D eigenvalue weighted by Gasteiger charge is -2.11. The van der Waals surface area contributed by atoms with Crippen LogP contribution >= 0.6 is 11.8 Å². The second-order valence-electron chi connectivity index (χ2n) is 5.44. The summed E-state index contributed by atoms with van der Waals surface area (Å²) in [7, 11) is 0. The fourth-order valence-electron chi connectivity index (χ4n) is 1.92. The Labute approximate surface area is 149 Å². The van der Waals surface area contributed by atoms with Crippen molar-refractivity contribution in [1.29, 1.82) is 0 Å². The lowest BCUT2D eigenvalue weighted by atomic mass is 10.2. The van der Waals surface area contributed by atoms with Crippen LogP contribution in [0.4, 0.5) is 8.78 Å². The summed E-state index contributed by atoms with van der Waals surface area (Å²) in [4.78, 5) is 0. The van der Waals surface area contributed by atoms with Gasteiger partial charge >= 0.3 is 0 Å². The van der Waals surface area contributed by atoms with E-state index in [0.29, 0.717) is 5.75 Å². The molecule has 132 valence electrons. The normalized spacial score (nSPS) is 12.1. The predicted octanol–water partition coefficient (Wildman–Crippen LogP) is 4.33. The lowest BCUT2D eigenvalue weighted by molar-refractivity contribution is 0.219. The molecule has 4 nitrogen and oxygen atoms in total. The number of thioether (sulfide) groups is 1. The Morgan fingerprint density at radius 2 is 1.84 bits per heavy atom. The van der Waals surface area contributed by atoms with Crippen molar-refractivity contribution >= 4 is 23.1 Å². The predicted molar refractivity (Wildman–Crippen MR) is 99.1 cm³/mol. The van der Waals surface area contributed by atoms with Crippen LogP contribution in [0.15, 0.2) is 52.7 Å². The van der Waals surface area contributed by atoms with Gasteiger partial charge < -0.3 is 10.5 Å². The van der Waals surface area contributed by atoms with E-state index in [4.69, 9.17) is 10.5 Å². The van der Waals surface area contributed by atoms with Gasteiger partial charge in [0.05, 0.1) is 12.3 Å². The number of benzene rings is 2. The number of hydrogen-bond donors (Lipinski definition) is 1. The van der Waals surface area contributed by atoms with Crippen LogP contribution < -0.4 is 10.5 Å². The molecular weight excluding hydrogens is 344 g/mol. The number of rotatable bonds is 6. The second kappa shape index (κ2) is 9.17. The van der Waals surface area contributed by atoms with Gasteiger partial charge in [-0.15, -0.1) is 5.10 Å². The van der Waals surface area contributed by atoms with E-state index < -0.39 is 17.4 Å². The van der Waals surface area contributed by atoms with Crippen molar-refractivity contribution in [2.45, 2.75) is 25.7 Å². The molecule has 0 aliphatic rings. The highest BCUT2D eigenvalue weighted by molar-refractivity contribution is 8.13. The van der Waals surface area contributed by atoms with Gasteiger partial charge in [0, 0.05) is 11.3 Å². The average molecular weight is 363 g/mol. The van der Waals surface area contributed by atoms with Gasteiger partial charge in [-0.3, -0.25) is 0 Å². The first-order valence-electron chi connectivity index (χ1n) is 7.64. The minimum absolute atomic E-state index is 0.232. The topological polar surface area (TPSA) is 60.0 Å². The third kappa shape index (κ3) is 6.19. The summed E-state index contributed by atoms with van der Waals surface area (Å²) < 4.78 is 32.9. The Morgan fingerprint density at radius 3 is 2.44 bits per heavy atom.